The molecule has 2 N–H and O–H groups in total. The van der Waals surface area contributed by atoms with Crippen molar-refractivity contribution in [2.24, 2.45) is 0 Å². The predicted octanol–water partition coefficient (Wildman–Crippen LogP) is 3.92. The number of nitrogens with zero attached hydrogens (tertiary/aromatic N) is 2. The van der Waals surface area contributed by atoms with Crippen LogP contribution < -0.4 is 10.6 Å². The normalized spacial score (nSPS) is 10.4. The summed E-state index contributed by atoms with van der Waals surface area (Å²) in [5.41, 5.74) is 2.67. The van der Waals surface area contributed by atoms with Crippen LogP contribution in [-0.4, -0.2) is 22.0 Å². The summed E-state index contributed by atoms with van der Waals surface area (Å²) in [5.74, 6) is -0.389. The minimum atomic E-state index is -0.300. The lowest BCUT2D eigenvalue weighted by Gasteiger charge is -2.05. The number of nitrogens with one attached hydrogen (secondary N) is 2. The number of carbonyl (C=O) groups excluding carboxylic acids is 2. The first kappa shape index (κ1) is 18.7. The molecule has 1 aromatic heterocycles. The molecule has 3 aromatic rings. The summed E-state index contributed by atoms with van der Waals surface area (Å²) >= 11 is 1.20. The molecule has 2 aromatic carbocycles. The fraction of sp³-hybridized carbons (Fsp3) is 0.200. The average Bonchev–Trinajstić information content (AvgIpc) is 3.17. The number of benzene rings is 2. The Hall–Kier alpha value is -3.06. The van der Waals surface area contributed by atoms with Crippen LogP contribution in [0.4, 0.5) is 11.4 Å². The van der Waals surface area contributed by atoms with Gasteiger partial charge in [0.1, 0.15) is 5.01 Å². The summed E-state index contributed by atoms with van der Waals surface area (Å²) in [6.07, 6.45) is 1.64. The predicted molar refractivity (Wildman–Crippen MR) is 107 cm³/mol. The summed E-state index contributed by atoms with van der Waals surface area (Å²) in [7, 11) is 0. The molecule has 7 heteroatoms. The summed E-state index contributed by atoms with van der Waals surface area (Å²) in [5, 5.41) is 14.5. The van der Waals surface area contributed by atoms with Crippen molar-refractivity contribution in [2.45, 2.75) is 26.2 Å². The lowest BCUT2D eigenvalue weighted by molar-refractivity contribution is -0.116. The molecule has 0 bridgehead atoms. The van der Waals surface area contributed by atoms with Gasteiger partial charge in [-0.2, -0.15) is 0 Å². The van der Waals surface area contributed by atoms with Crippen LogP contribution in [0.25, 0.3) is 0 Å². The number of hydrogen-bond acceptors (Lipinski definition) is 5. The van der Waals surface area contributed by atoms with Crippen molar-refractivity contribution in [1.82, 2.24) is 10.2 Å². The number of para-hydroxylation sites is 1. The standard InChI is InChI=1S/C20H20N4O2S/c1-2-14-7-6-10-16(13-14)21-17(25)11-12-18-23-24-20(27-18)19(26)22-15-8-4-3-5-9-15/h3-10,13H,2,11-12H2,1H3,(H,21,25)(H,22,26). The molecule has 0 unspecified atom stereocenters. The molecule has 0 atom stereocenters. The highest BCUT2D eigenvalue weighted by Crippen LogP contribution is 2.16. The first-order valence-electron chi connectivity index (χ1n) is 8.71. The minimum absolute atomic E-state index is 0.0891. The van der Waals surface area contributed by atoms with Crippen LogP contribution in [0.1, 0.15) is 33.7 Å². The van der Waals surface area contributed by atoms with Crippen molar-refractivity contribution in [3.63, 3.8) is 0 Å². The van der Waals surface area contributed by atoms with E-state index in [4.69, 9.17) is 0 Å². The van der Waals surface area contributed by atoms with Gasteiger partial charge in [-0.3, -0.25) is 9.59 Å². The number of aromatic nitrogens is 2. The Morgan fingerprint density at radius 3 is 2.52 bits per heavy atom. The second-order valence-electron chi connectivity index (χ2n) is 5.92. The Balaban J connectivity index is 1.51. The van der Waals surface area contributed by atoms with Crippen LogP contribution in [0, 0.1) is 0 Å². The summed E-state index contributed by atoms with van der Waals surface area (Å²) in [6.45, 7) is 2.07. The van der Waals surface area contributed by atoms with E-state index in [1.54, 1.807) is 12.1 Å². The molecule has 0 saturated heterocycles. The molecule has 0 fully saturated rings. The van der Waals surface area contributed by atoms with Crippen molar-refractivity contribution in [3.05, 3.63) is 70.2 Å². The van der Waals surface area contributed by atoms with E-state index in [2.05, 4.69) is 27.8 Å². The number of carbonyl (C=O) groups is 2. The van der Waals surface area contributed by atoms with Gasteiger partial charge in [0.25, 0.3) is 5.91 Å². The minimum Gasteiger partial charge on any atom is -0.326 e. The van der Waals surface area contributed by atoms with Crippen molar-refractivity contribution in [1.29, 1.82) is 0 Å². The van der Waals surface area contributed by atoms with Crippen LogP contribution >= 0.6 is 11.3 Å². The van der Waals surface area contributed by atoms with Gasteiger partial charge >= 0.3 is 0 Å². The Kier molecular flexibility index (Phi) is 6.27. The smallest absolute Gasteiger partial charge is 0.286 e. The van der Waals surface area contributed by atoms with Crippen LogP contribution in [0.5, 0.6) is 0 Å². The lowest BCUT2D eigenvalue weighted by atomic mass is 10.1. The van der Waals surface area contributed by atoms with Gasteiger partial charge < -0.3 is 10.6 Å². The van der Waals surface area contributed by atoms with Crippen LogP contribution in [0.2, 0.25) is 0 Å². The van der Waals surface area contributed by atoms with Crippen molar-refractivity contribution >= 4 is 34.5 Å². The lowest BCUT2D eigenvalue weighted by Crippen LogP contribution is -2.12. The van der Waals surface area contributed by atoms with Crippen molar-refractivity contribution in [2.75, 3.05) is 10.6 Å². The van der Waals surface area contributed by atoms with E-state index >= 15 is 0 Å². The van der Waals surface area contributed by atoms with Gasteiger partial charge in [0, 0.05) is 24.2 Å². The van der Waals surface area contributed by atoms with Gasteiger partial charge in [-0.1, -0.05) is 48.6 Å². The molecule has 0 aliphatic rings. The quantitative estimate of drug-likeness (QED) is 0.651. The third-order valence-electron chi connectivity index (χ3n) is 3.88. The summed E-state index contributed by atoms with van der Waals surface area (Å²) in [6, 6.07) is 17.0. The first-order valence-corrected chi connectivity index (χ1v) is 9.53. The zero-order valence-corrected chi connectivity index (χ0v) is 15.8. The van der Waals surface area contributed by atoms with E-state index in [9.17, 15) is 9.59 Å². The Labute approximate surface area is 161 Å². The molecule has 3 rings (SSSR count). The molecule has 0 aliphatic heterocycles. The zero-order valence-electron chi connectivity index (χ0n) is 14.9. The van der Waals surface area contributed by atoms with E-state index in [0.717, 1.165) is 12.1 Å². The molecule has 0 spiro atoms. The van der Waals surface area contributed by atoms with Gasteiger partial charge in [0.05, 0.1) is 0 Å². The van der Waals surface area contributed by atoms with Gasteiger partial charge in [-0.25, -0.2) is 0 Å². The largest absolute Gasteiger partial charge is 0.326 e. The summed E-state index contributed by atoms with van der Waals surface area (Å²) < 4.78 is 0. The van der Waals surface area contributed by atoms with Gasteiger partial charge in [-0.05, 0) is 36.2 Å². The molecule has 6 nitrogen and oxygen atoms in total. The molecular formula is C20H20N4O2S. The maximum Gasteiger partial charge on any atom is 0.286 e. The Morgan fingerprint density at radius 2 is 1.74 bits per heavy atom. The number of anilines is 2. The Morgan fingerprint density at radius 1 is 0.963 bits per heavy atom. The number of hydrogen-bond donors (Lipinski definition) is 2. The molecule has 0 aliphatic carbocycles. The van der Waals surface area contributed by atoms with Crippen molar-refractivity contribution in [3.8, 4) is 0 Å². The fourth-order valence-corrected chi connectivity index (χ4v) is 3.20. The molecular weight excluding hydrogens is 360 g/mol. The van der Waals surface area contributed by atoms with E-state index in [1.165, 1.54) is 16.9 Å². The topological polar surface area (TPSA) is 84.0 Å². The molecule has 138 valence electrons. The van der Waals surface area contributed by atoms with Crippen LogP contribution in [-0.2, 0) is 17.6 Å². The van der Waals surface area contributed by atoms with E-state index in [-0.39, 0.29) is 23.2 Å². The van der Waals surface area contributed by atoms with Crippen LogP contribution in [0.15, 0.2) is 54.6 Å². The summed E-state index contributed by atoms with van der Waals surface area (Å²) in [4.78, 5) is 24.3. The molecule has 27 heavy (non-hydrogen) atoms. The van der Waals surface area contributed by atoms with Crippen molar-refractivity contribution < 1.29 is 9.59 Å². The monoisotopic (exact) mass is 380 g/mol. The molecule has 0 saturated carbocycles. The van der Waals surface area contributed by atoms with Crippen LogP contribution in [0.3, 0.4) is 0 Å². The average molecular weight is 380 g/mol. The second-order valence-corrected chi connectivity index (χ2v) is 6.99. The number of amides is 2. The SMILES string of the molecule is CCc1cccc(NC(=O)CCc2nnc(C(=O)Nc3ccccc3)s2)c1. The van der Waals surface area contributed by atoms with E-state index in [0.29, 0.717) is 17.1 Å². The molecule has 1 heterocycles. The molecule has 2 amide bonds. The Bertz CT molecular complexity index is 924. The fourth-order valence-electron chi connectivity index (χ4n) is 2.47. The molecule has 0 radical (unpaired) electrons. The highest BCUT2D eigenvalue weighted by Gasteiger charge is 2.14. The van der Waals surface area contributed by atoms with Gasteiger partial charge in [0.15, 0.2) is 0 Å². The number of aryl methyl sites for hydroxylation is 2. The van der Waals surface area contributed by atoms with Gasteiger partial charge in [-0.15, -0.1) is 10.2 Å². The first-order chi connectivity index (χ1) is 13.1. The third-order valence-corrected chi connectivity index (χ3v) is 4.86. The third kappa shape index (κ3) is 5.46. The zero-order chi connectivity index (χ0) is 19.1. The maximum absolute atomic E-state index is 12.2. The second kappa shape index (κ2) is 9.05. The van der Waals surface area contributed by atoms with Gasteiger partial charge in [0.2, 0.25) is 10.9 Å². The van der Waals surface area contributed by atoms with E-state index < -0.39 is 0 Å². The maximum atomic E-state index is 12.2. The highest BCUT2D eigenvalue weighted by atomic mass is 32.1. The number of rotatable bonds is 7. The highest BCUT2D eigenvalue weighted by molar-refractivity contribution is 7.13. The van der Waals surface area contributed by atoms with E-state index in [1.807, 2.05) is 42.5 Å².